The number of aromatic nitrogens is 2. The fourth-order valence-corrected chi connectivity index (χ4v) is 3.21. The van der Waals surface area contributed by atoms with E-state index in [1.807, 2.05) is 0 Å². The molecule has 1 aromatic heterocycles. The fourth-order valence-electron chi connectivity index (χ4n) is 2.16. The third-order valence-corrected chi connectivity index (χ3v) is 4.81. The summed E-state index contributed by atoms with van der Waals surface area (Å²) in [7, 11) is -3.96. The largest absolute Gasteiger partial charge is 0.390 e. The lowest BCUT2D eigenvalue weighted by Crippen LogP contribution is -2.36. The molecule has 25 heavy (non-hydrogen) atoms. The van der Waals surface area contributed by atoms with E-state index in [-0.39, 0.29) is 13.1 Å². The number of anilines is 2. The second kappa shape index (κ2) is 8.63. The first-order valence-corrected chi connectivity index (χ1v) is 9.34. The topological polar surface area (TPSA) is 96.5 Å². The van der Waals surface area contributed by atoms with Crippen molar-refractivity contribution in [2.45, 2.75) is 12.6 Å². The molecule has 2 rings (SSSR count). The average molecular weight is 383 g/mol. The fraction of sp³-hybridized carbons (Fsp3) is 0.692. The van der Waals surface area contributed by atoms with Crippen LogP contribution in [0.1, 0.15) is 6.42 Å². The van der Waals surface area contributed by atoms with Crippen LogP contribution in [0.2, 0.25) is 0 Å². The van der Waals surface area contributed by atoms with Crippen LogP contribution >= 0.6 is 0 Å². The van der Waals surface area contributed by atoms with Gasteiger partial charge in [-0.1, -0.05) is 0 Å². The number of alkyl halides is 3. The van der Waals surface area contributed by atoms with Crippen molar-refractivity contribution in [3.63, 3.8) is 0 Å². The molecule has 2 N–H and O–H groups in total. The molecule has 12 heteroatoms. The number of halogens is 3. The summed E-state index contributed by atoms with van der Waals surface area (Å²) < 4.78 is 66.5. The summed E-state index contributed by atoms with van der Waals surface area (Å²) in [5, 5.41) is 10.7. The number of rotatable bonds is 8. The number of hydrogen-bond donors (Lipinski definition) is 2. The lowest BCUT2D eigenvalue weighted by atomic mass is 10.3. The van der Waals surface area contributed by atoms with Gasteiger partial charge in [-0.3, -0.25) is 0 Å². The molecular weight excluding hydrogens is 363 g/mol. The molecule has 0 amide bonds. The number of nitrogens with one attached hydrogen (secondary N) is 2. The Kier molecular flexibility index (Phi) is 6.79. The average Bonchev–Trinajstić information content (AvgIpc) is 2.58. The zero-order chi connectivity index (χ0) is 18.3. The quantitative estimate of drug-likeness (QED) is 0.635. The monoisotopic (exact) mass is 383 g/mol. The first kappa shape index (κ1) is 19.7. The van der Waals surface area contributed by atoms with Gasteiger partial charge >= 0.3 is 6.18 Å². The van der Waals surface area contributed by atoms with Gasteiger partial charge in [0.25, 0.3) is 0 Å². The molecule has 0 aliphatic carbocycles. The molecule has 1 fully saturated rings. The second-order valence-corrected chi connectivity index (χ2v) is 7.33. The van der Waals surface area contributed by atoms with Crippen molar-refractivity contribution in [2.24, 2.45) is 0 Å². The normalized spacial score (nSPS) is 16.0. The number of morpholine rings is 1. The van der Waals surface area contributed by atoms with E-state index in [1.54, 1.807) is 12.3 Å². The van der Waals surface area contributed by atoms with Gasteiger partial charge in [-0.2, -0.15) is 18.3 Å². The molecule has 0 radical (unpaired) electrons. The van der Waals surface area contributed by atoms with E-state index in [2.05, 4.69) is 25.1 Å². The highest BCUT2D eigenvalue weighted by Gasteiger charge is 2.29. The van der Waals surface area contributed by atoms with Crippen LogP contribution in [0.15, 0.2) is 12.3 Å². The highest BCUT2D eigenvalue weighted by Crippen LogP contribution is 2.20. The van der Waals surface area contributed by atoms with Crippen molar-refractivity contribution in [3.8, 4) is 0 Å². The summed E-state index contributed by atoms with van der Waals surface area (Å²) in [6.07, 6.45) is -4.25. The van der Waals surface area contributed by atoms with E-state index < -0.39 is 28.4 Å². The molecule has 0 bridgehead atoms. The van der Waals surface area contributed by atoms with Gasteiger partial charge in [0.15, 0.2) is 5.82 Å². The molecule has 8 nitrogen and oxygen atoms in total. The first-order valence-electron chi connectivity index (χ1n) is 7.68. The molecule has 0 aromatic carbocycles. The number of sulfonamides is 1. The predicted molar refractivity (Wildman–Crippen MR) is 86.0 cm³/mol. The van der Waals surface area contributed by atoms with Crippen LogP contribution in [0, 0.1) is 0 Å². The van der Waals surface area contributed by atoms with Crippen LogP contribution in [0.3, 0.4) is 0 Å². The maximum absolute atomic E-state index is 12.1. The predicted octanol–water partition coefficient (Wildman–Crippen LogP) is 0.597. The smallest absolute Gasteiger partial charge is 0.378 e. The Bertz CT molecular complexity index is 651. The Hall–Kier alpha value is -1.66. The van der Waals surface area contributed by atoms with Gasteiger partial charge < -0.3 is 15.0 Å². The van der Waals surface area contributed by atoms with Crippen molar-refractivity contribution in [3.05, 3.63) is 12.3 Å². The van der Waals surface area contributed by atoms with Crippen LogP contribution in [-0.4, -0.2) is 69.9 Å². The molecule has 2 heterocycles. The van der Waals surface area contributed by atoms with Crippen LogP contribution < -0.4 is 14.9 Å². The standard InChI is InChI=1S/C13H20F3N5O3S/c14-13(15,16)1-8-25(22,23)19-3-2-17-12-9-11(10-18-20-12)21-4-6-24-7-5-21/h9-10,19H,1-8H2,(H,17,20). The SMILES string of the molecule is O=S(=O)(CCC(F)(F)F)NCCNc1cc(N2CCOCC2)cnn1. The van der Waals surface area contributed by atoms with Gasteiger partial charge in [-0.05, 0) is 0 Å². The zero-order valence-electron chi connectivity index (χ0n) is 13.4. The third-order valence-electron chi connectivity index (χ3n) is 3.42. The maximum atomic E-state index is 12.1. The molecule has 1 aromatic rings. The van der Waals surface area contributed by atoms with Gasteiger partial charge in [-0.25, -0.2) is 13.1 Å². The van der Waals surface area contributed by atoms with Crippen LogP contribution in [0.5, 0.6) is 0 Å². The Labute approximate surface area is 143 Å². The van der Waals surface area contributed by atoms with Gasteiger partial charge in [-0.15, -0.1) is 5.10 Å². The maximum Gasteiger partial charge on any atom is 0.390 e. The number of ether oxygens (including phenoxy) is 1. The number of nitrogens with zero attached hydrogens (tertiary/aromatic N) is 3. The highest BCUT2D eigenvalue weighted by molar-refractivity contribution is 7.89. The molecular formula is C13H20F3N5O3S. The zero-order valence-corrected chi connectivity index (χ0v) is 14.2. The summed E-state index contributed by atoms with van der Waals surface area (Å²) in [5.41, 5.74) is 0.867. The molecule has 0 spiro atoms. The molecule has 1 saturated heterocycles. The highest BCUT2D eigenvalue weighted by atomic mass is 32.2. The van der Waals surface area contributed by atoms with Gasteiger partial charge in [0.1, 0.15) is 0 Å². The summed E-state index contributed by atoms with van der Waals surface area (Å²) in [4.78, 5) is 2.09. The molecule has 0 atom stereocenters. The summed E-state index contributed by atoms with van der Waals surface area (Å²) in [6, 6.07) is 1.77. The van der Waals surface area contributed by atoms with Gasteiger partial charge in [0.2, 0.25) is 10.0 Å². The Morgan fingerprint density at radius 3 is 2.64 bits per heavy atom. The van der Waals surface area contributed by atoms with Gasteiger partial charge in [0.05, 0.1) is 37.3 Å². The summed E-state index contributed by atoms with van der Waals surface area (Å²) in [6.45, 7) is 2.86. The van der Waals surface area contributed by atoms with E-state index in [0.717, 1.165) is 18.8 Å². The Morgan fingerprint density at radius 2 is 1.96 bits per heavy atom. The van der Waals surface area contributed by atoms with E-state index in [0.29, 0.717) is 19.0 Å². The van der Waals surface area contributed by atoms with Crippen molar-refractivity contribution in [2.75, 3.05) is 55.4 Å². The van der Waals surface area contributed by atoms with E-state index >= 15 is 0 Å². The lowest BCUT2D eigenvalue weighted by molar-refractivity contribution is -0.129. The van der Waals surface area contributed by atoms with Gasteiger partial charge in [0, 0.05) is 32.2 Å². The molecule has 142 valence electrons. The van der Waals surface area contributed by atoms with E-state index in [4.69, 9.17) is 4.74 Å². The molecule has 1 aliphatic rings. The van der Waals surface area contributed by atoms with E-state index in [9.17, 15) is 21.6 Å². The lowest BCUT2D eigenvalue weighted by Gasteiger charge is -2.28. The van der Waals surface area contributed by atoms with Crippen molar-refractivity contribution < 1.29 is 26.3 Å². The molecule has 1 aliphatic heterocycles. The molecule has 0 unspecified atom stereocenters. The van der Waals surface area contributed by atoms with E-state index in [1.165, 1.54) is 0 Å². The first-order chi connectivity index (χ1) is 11.8. The minimum atomic E-state index is -4.50. The minimum Gasteiger partial charge on any atom is -0.378 e. The Balaban J connectivity index is 1.76. The summed E-state index contributed by atoms with van der Waals surface area (Å²) in [5.74, 6) is -0.526. The van der Waals surface area contributed by atoms with Crippen LogP contribution in [0.25, 0.3) is 0 Å². The number of hydrogen-bond acceptors (Lipinski definition) is 7. The van der Waals surface area contributed by atoms with Crippen LogP contribution in [0.4, 0.5) is 24.7 Å². The molecule has 0 saturated carbocycles. The minimum absolute atomic E-state index is 0.0519. The summed E-state index contributed by atoms with van der Waals surface area (Å²) >= 11 is 0. The van der Waals surface area contributed by atoms with Crippen molar-refractivity contribution in [1.82, 2.24) is 14.9 Å². The van der Waals surface area contributed by atoms with Crippen molar-refractivity contribution in [1.29, 1.82) is 0 Å². The Morgan fingerprint density at radius 1 is 1.24 bits per heavy atom. The van der Waals surface area contributed by atoms with Crippen LogP contribution in [-0.2, 0) is 14.8 Å². The van der Waals surface area contributed by atoms with Crippen molar-refractivity contribution >= 4 is 21.5 Å². The third kappa shape index (κ3) is 7.40. The second-order valence-electron chi connectivity index (χ2n) is 5.40.